The van der Waals surface area contributed by atoms with Gasteiger partial charge in [0.25, 0.3) is 0 Å². The standard InChI is InChI=1S/C14H27NO/c1-11-6-4-7-12(2)13(11)15-10-14(3)8-5-9-16-14/h11-13,15H,4-10H2,1-3H3. The molecule has 2 rings (SSSR count). The average molecular weight is 225 g/mol. The van der Waals surface area contributed by atoms with E-state index < -0.39 is 0 Å². The van der Waals surface area contributed by atoms with E-state index in [2.05, 4.69) is 26.1 Å². The smallest absolute Gasteiger partial charge is 0.0779 e. The number of rotatable bonds is 3. The Hall–Kier alpha value is -0.0800. The molecule has 0 radical (unpaired) electrons. The lowest BCUT2D eigenvalue weighted by Gasteiger charge is -2.37. The molecule has 1 aliphatic carbocycles. The highest BCUT2D eigenvalue weighted by Crippen LogP contribution is 2.30. The van der Waals surface area contributed by atoms with E-state index in [1.165, 1.54) is 32.1 Å². The van der Waals surface area contributed by atoms with Crippen LogP contribution in [0.3, 0.4) is 0 Å². The van der Waals surface area contributed by atoms with E-state index in [1.54, 1.807) is 0 Å². The molecule has 1 aliphatic heterocycles. The lowest BCUT2D eigenvalue weighted by molar-refractivity contribution is 0.0137. The molecule has 2 aliphatic rings. The van der Waals surface area contributed by atoms with Crippen LogP contribution >= 0.6 is 0 Å². The third kappa shape index (κ3) is 2.78. The first-order chi connectivity index (χ1) is 7.61. The van der Waals surface area contributed by atoms with E-state index in [-0.39, 0.29) is 5.60 Å². The zero-order chi connectivity index (χ0) is 11.6. The summed E-state index contributed by atoms with van der Waals surface area (Å²) in [5.74, 6) is 1.66. The highest BCUT2D eigenvalue weighted by Gasteiger charge is 2.33. The van der Waals surface area contributed by atoms with Gasteiger partial charge >= 0.3 is 0 Å². The summed E-state index contributed by atoms with van der Waals surface area (Å²) in [6.45, 7) is 9.03. The molecule has 3 atom stereocenters. The molecular formula is C14H27NO. The molecule has 0 aromatic heterocycles. The number of ether oxygens (including phenoxy) is 1. The third-order valence-corrected chi connectivity index (χ3v) is 4.56. The first-order valence-electron chi connectivity index (χ1n) is 6.98. The lowest BCUT2D eigenvalue weighted by Crippen LogP contribution is -2.48. The summed E-state index contributed by atoms with van der Waals surface area (Å²) < 4.78 is 5.84. The highest BCUT2D eigenvalue weighted by molar-refractivity contribution is 4.88. The second kappa shape index (κ2) is 5.05. The predicted octanol–water partition coefficient (Wildman–Crippen LogP) is 2.97. The summed E-state index contributed by atoms with van der Waals surface area (Å²) in [4.78, 5) is 0. The molecule has 94 valence electrons. The molecule has 3 unspecified atom stereocenters. The summed E-state index contributed by atoms with van der Waals surface area (Å²) in [5, 5.41) is 3.78. The van der Waals surface area contributed by atoms with Gasteiger partial charge in [0.05, 0.1) is 5.60 Å². The molecule has 1 heterocycles. The predicted molar refractivity (Wildman–Crippen MR) is 67.6 cm³/mol. The van der Waals surface area contributed by atoms with Crippen molar-refractivity contribution in [1.82, 2.24) is 5.32 Å². The van der Waals surface area contributed by atoms with Crippen LogP contribution < -0.4 is 5.32 Å². The first kappa shape index (κ1) is 12.4. The maximum absolute atomic E-state index is 5.84. The first-order valence-corrected chi connectivity index (χ1v) is 6.98. The van der Waals surface area contributed by atoms with Crippen LogP contribution in [0.2, 0.25) is 0 Å². The normalized spacial score (nSPS) is 44.8. The van der Waals surface area contributed by atoms with Crippen LogP contribution in [-0.2, 0) is 4.74 Å². The van der Waals surface area contributed by atoms with E-state index in [9.17, 15) is 0 Å². The summed E-state index contributed by atoms with van der Waals surface area (Å²) >= 11 is 0. The summed E-state index contributed by atoms with van der Waals surface area (Å²) in [7, 11) is 0. The summed E-state index contributed by atoms with van der Waals surface area (Å²) in [5.41, 5.74) is 0.108. The van der Waals surface area contributed by atoms with Gasteiger partial charge in [0, 0.05) is 19.2 Å². The van der Waals surface area contributed by atoms with Crippen LogP contribution in [0.5, 0.6) is 0 Å². The number of hydrogen-bond acceptors (Lipinski definition) is 2. The van der Waals surface area contributed by atoms with Crippen molar-refractivity contribution in [2.75, 3.05) is 13.2 Å². The molecule has 0 aromatic carbocycles. The minimum Gasteiger partial charge on any atom is -0.374 e. The Labute approximate surface area is 100 Å². The third-order valence-electron chi connectivity index (χ3n) is 4.56. The van der Waals surface area contributed by atoms with Crippen LogP contribution in [-0.4, -0.2) is 24.8 Å². The second-order valence-corrected chi connectivity index (χ2v) is 6.19. The molecule has 0 bridgehead atoms. The molecule has 2 fully saturated rings. The Balaban J connectivity index is 1.83. The molecule has 1 saturated heterocycles. The van der Waals surface area contributed by atoms with Crippen LogP contribution in [0.1, 0.15) is 52.9 Å². The fraction of sp³-hybridized carbons (Fsp3) is 1.00. The van der Waals surface area contributed by atoms with E-state index in [4.69, 9.17) is 4.74 Å². The minimum atomic E-state index is 0.108. The molecular weight excluding hydrogens is 198 g/mol. The Kier molecular flexibility index (Phi) is 3.91. The highest BCUT2D eigenvalue weighted by atomic mass is 16.5. The van der Waals surface area contributed by atoms with Crippen molar-refractivity contribution in [2.24, 2.45) is 11.8 Å². The van der Waals surface area contributed by atoms with Gasteiger partial charge in [-0.3, -0.25) is 0 Å². The molecule has 0 amide bonds. The van der Waals surface area contributed by atoms with Crippen molar-refractivity contribution in [2.45, 2.75) is 64.5 Å². The van der Waals surface area contributed by atoms with Crippen molar-refractivity contribution in [1.29, 1.82) is 0 Å². The number of hydrogen-bond donors (Lipinski definition) is 1. The van der Waals surface area contributed by atoms with Crippen LogP contribution in [0.25, 0.3) is 0 Å². The van der Waals surface area contributed by atoms with Crippen molar-refractivity contribution in [3.05, 3.63) is 0 Å². The average Bonchev–Trinajstić information content (AvgIpc) is 2.65. The Morgan fingerprint density at radius 3 is 2.44 bits per heavy atom. The molecule has 0 spiro atoms. The van der Waals surface area contributed by atoms with Gasteiger partial charge < -0.3 is 10.1 Å². The van der Waals surface area contributed by atoms with E-state index in [0.717, 1.165) is 25.0 Å². The van der Waals surface area contributed by atoms with Crippen LogP contribution in [0.4, 0.5) is 0 Å². The van der Waals surface area contributed by atoms with Crippen molar-refractivity contribution >= 4 is 0 Å². The molecule has 2 heteroatoms. The SMILES string of the molecule is CC1CCCC(C)C1NCC1(C)CCCO1. The van der Waals surface area contributed by atoms with E-state index in [1.807, 2.05) is 0 Å². The Morgan fingerprint density at radius 2 is 1.88 bits per heavy atom. The van der Waals surface area contributed by atoms with Gasteiger partial charge in [0.2, 0.25) is 0 Å². The summed E-state index contributed by atoms with van der Waals surface area (Å²) in [6, 6.07) is 0.703. The molecule has 16 heavy (non-hydrogen) atoms. The van der Waals surface area contributed by atoms with Crippen molar-refractivity contribution in [3.63, 3.8) is 0 Å². The number of nitrogens with one attached hydrogen (secondary N) is 1. The monoisotopic (exact) mass is 225 g/mol. The summed E-state index contributed by atoms with van der Waals surface area (Å²) in [6.07, 6.45) is 6.64. The molecule has 2 nitrogen and oxygen atoms in total. The molecule has 1 saturated carbocycles. The topological polar surface area (TPSA) is 21.3 Å². The molecule has 1 N–H and O–H groups in total. The van der Waals surface area contributed by atoms with Gasteiger partial charge in [-0.2, -0.15) is 0 Å². The second-order valence-electron chi connectivity index (χ2n) is 6.19. The molecule has 0 aromatic rings. The minimum absolute atomic E-state index is 0.108. The van der Waals surface area contributed by atoms with Gasteiger partial charge in [-0.25, -0.2) is 0 Å². The fourth-order valence-corrected chi connectivity index (χ4v) is 3.39. The van der Waals surface area contributed by atoms with Crippen molar-refractivity contribution < 1.29 is 4.74 Å². The van der Waals surface area contributed by atoms with Gasteiger partial charge in [-0.05, 0) is 44.4 Å². The zero-order valence-corrected chi connectivity index (χ0v) is 11.1. The largest absolute Gasteiger partial charge is 0.374 e. The van der Waals surface area contributed by atoms with E-state index in [0.29, 0.717) is 6.04 Å². The van der Waals surface area contributed by atoms with Gasteiger partial charge in [0.1, 0.15) is 0 Å². The maximum atomic E-state index is 5.84. The van der Waals surface area contributed by atoms with Crippen molar-refractivity contribution in [3.8, 4) is 0 Å². The van der Waals surface area contributed by atoms with Gasteiger partial charge in [-0.1, -0.05) is 20.3 Å². The Bertz CT molecular complexity index is 213. The van der Waals surface area contributed by atoms with Crippen LogP contribution in [0, 0.1) is 11.8 Å². The van der Waals surface area contributed by atoms with Gasteiger partial charge in [0.15, 0.2) is 0 Å². The van der Waals surface area contributed by atoms with E-state index >= 15 is 0 Å². The quantitative estimate of drug-likeness (QED) is 0.797. The Morgan fingerprint density at radius 1 is 1.19 bits per heavy atom. The van der Waals surface area contributed by atoms with Gasteiger partial charge in [-0.15, -0.1) is 0 Å². The lowest BCUT2D eigenvalue weighted by atomic mass is 9.78. The van der Waals surface area contributed by atoms with Crippen LogP contribution in [0.15, 0.2) is 0 Å². The fourth-order valence-electron chi connectivity index (χ4n) is 3.39. The zero-order valence-electron chi connectivity index (χ0n) is 11.1. The maximum Gasteiger partial charge on any atom is 0.0779 e.